The number of amides is 2. The Labute approximate surface area is 211 Å². The second kappa shape index (κ2) is 9.60. The van der Waals surface area contributed by atoms with Crippen LogP contribution in [0.1, 0.15) is 23.4 Å². The molecule has 3 heterocycles. The number of hydrogen-bond acceptors (Lipinski definition) is 7. The SMILES string of the molecule is COc1cnc(Cl)cc1-c1cc(N2CCN(C)C2=O)ccc1C[N+](=O)c1nnc(C#CC2CC2)s1. The van der Waals surface area contributed by atoms with Crippen molar-refractivity contribution in [3.05, 3.63) is 51.1 Å². The van der Waals surface area contributed by atoms with Crippen LogP contribution in [-0.4, -0.2) is 58.1 Å². The van der Waals surface area contributed by atoms with Gasteiger partial charge in [-0.05, 0) is 63.7 Å². The molecule has 5 rings (SSSR count). The number of benzene rings is 1. The average molecular weight is 510 g/mol. The van der Waals surface area contributed by atoms with Gasteiger partial charge in [0, 0.05) is 42.9 Å². The van der Waals surface area contributed by atoms with Crippen molar-refractivity contribution < 1.29 is 14.3 Å². The van der Waals surface area contributed by atoms with Crippen LogP contribution in [0.25, 0.3) is 11.1 Å². The van der Waals surface area contributed by atoms with Crippen LogP contribution in [0.3, 0.4) is 0 Å². The number of urea groups is 1. The van der Waals surface area contributed by atoms with E-state index in [1.165, 1.54) is 17.5 Å². The van der Waals surface area contributed by atoms with Crippen LogP contribution < -0.4 is 9.64 Å². The lowest BCUT2D eigenvalue weighted by molar-refractivity contribution is -0.480. The Bertz CT molecular complexity index is 1380. The molecule has 1 saturated carbocycles. The van der Waals surface area contributed by atoms with Gasteiger partial charge < -0.3 is 9.64 Å². The van der Waals surface area contributed by atoms with Crippen LogP contribution in [-0.2, 0) is 6.54 Å². The van der Waals surface area contributed by atoms with Crippen molar-refractivity contribution in [2.24, 2.45) is 5.92 Å². The van der Waals surface area contributed by atoms with Crippen molar-refractivity contribution in [3.63, 3.8) is 0 Å². The Morgan fingerprint density at radius 2 is 2.06 bits per heavy atom. The van der Waals surface area contributed by atoms with Gasteiger partial charge in [-0.3, -0.25) is 4.90 Å². The molecule has 11 heteroatoms. The molecule has 0 atom stereocenters. The number of carbonyl (C=O) groups excluding carboxylic acids is 1. The number of carbonyl (C=O) groups is 1. The second-order valence-electron chi connectivity index (χ2n) is 8.37. The molecule has 0 radical (unpaired) electrons. The first-order valence-electron chi connectivity index (χ1n) is 11.1. The van der Waals surface area contributed by atoms with E-state index in [1.54, 1.807) is 30.0 Å². The summed E-state index contributed by atoms with van der Waals surface area (Å²) in [6.07, 6.45) is 3.77. The Hall–Kier alpha value is -3.55. The molecular weight excluding hydrogens is 488 g/mol. The van der Waals surface area contributed by atoms with Crippen LogP contribution >= 0.6 is 22.9 Å². The van der Waals surface area contributed by atoms with Crippen LogP contribution in [0.2, 0.25) is 5.15 Å². The van der Waals surface area contributed by atoms with Crippen molar-refractivity contribution >= 4 is 39.8 Å². The van der Waals surface area contributed by atoms with Gasteiger partial charge in [-0.2, -0.15) is 0 Å². The smallest absolute Gasteiger partial charge is 0.449 e. The summed E-state index contributed by atoms with van der Waals surface area (Å²) in [5.74, 6) is 7.08. The largest absolute Gasteiger partial charge is 0.494 e. The Morgan fingerprint density at radius 3 is 2.77 bits per heavy atom. The molecule has 2 aliphatic rings. The van der Waals surface area contributed by atoms with Gasteiger partial charge in [-0.15, -0.1) is 0 Å². The maximum absolute atomic E-state index is 13.1. The highest BCUT2D eigenvalue weighted by atomic mass is 35.5. The van der Waals surface area contributed by atoms with E-state index in [0.717, 1.165) is 23.3 Å². The Kier molecular flexibility index (Phi) is 6.36. The molecule has 35 heavy (non-hydrogen) atoms. The summed E-state index contributed by atoms with van der Waals surface area (Å²) in [5, 5.41) is 9.11. The molecule has 3 aromatic rings. The molecule has 1 aliphatic carbocycles. The highest BCUT2D eigenvalue weighted by Gasteiger charge is 2.29. The first kappa shape index (κ1) is 23.2. The number of methoxy groups -OCH3 is 1. The minimum Gasteiger partial charge on any atom is -0.494 e. The topological polar surface area (TPSA) is 91.5 Å². The minimum atomic E-state index is -0.0810. The van der Waals surface area contributed by atoms with E-state index in [2.05, 4.69) is 27.0 Å². The fourth-order valence-electron chi connectivity index (χ4n) is 3.78. The van der Waals surface area contributed by atoms with Crippen molar-refractivity contribution in [2.75, 3.05) is 32.1 Å². The maximum atomic E-state index is 13.1. The van der Waals surface area contributed by atoms with Crippen molar-refractivity contribution in [1.29, 1.82) is 0 Å². The molecule has 9 nitrogen and oxygen atoms in total. The highest BCUT2D eigenvalue weighted by Crippen LogP contribution is 2.37. The predicted molar refractivity (Wildman–Crippen MR) is 133 cm³/mol. The van der Waals surface area contributed by atoms with Gasteiger partial charge in [0.1, 0.15) is 10.9 Å². The van der Waals surface area contributed by atoms with E-state index in [-0.39, 0.29) is 22.9 Å². The molecule has 178 valence electrons. The number of anilines is 1. The third-order valence-corrected chi connectivity index (χ3v) is 6.92. The molecule has 0 bridgehead atoms. The number of aromatic nitrogens is 3. The van der Waals surface area contributed by atoms with Crippen LogP contribution in [0, 0.1) is 22.7 Å². The fourth-order valence-corrected chi connectivity index (χ4v) is 4.55. The Morgan fingerprint density at radius 1 is 1.23 bits per heavy atom. The van der Waals surface area contributed by atoms with Crippen LogP contribution in [0.5, 0.6) is 5.75 Å². The first-order valence-corrected chi connectivity index (χ1v) is 12.3. The molecule has 0 unspecified atom stereocenters. The van der Waals surface area contributed by atoms with Gasteiger partial charge >= 0.3 is 11.2 Å². The number of halogens is 1. The van der Waals surface area contributed by atoms with Gasteiger partial charge in [0.15, 0.2) is 6.54 Å². The summed E-state index contributed by atoms with van der Waals surface area (Å²) >= 11 is 7.38. The van der Waals surface area contributed by atoms with Gasteiger partial charge in [0.2, 0.25) is 5.01 Å². The van der Waals surface area contributed by atoms with E-state index in [1.807, 2.05) is 18.2 Å². The number of hydrogen-bond donors (Lipinski definition) is 0. The quantitative estimate of drug-likeness (QED) is 0.276. The molecule has 1 saturated heterocycles. The zero-order valence-electron chi connectivity index (χ0n) is 19.2. The van der Waals surface area contributed by atoms with Gasteiger partial charge in [0.05, 0.1) is 18.4 Å². The third-order valence-electron chi connectivity index (χ3n) is 5.87. The highest BCUT2D eigenvalue weighted by molar-refractivity contribution is 7.14. The summed E-state index contributed by atoms with van der Waals surface area (Å²) in [7, 11) is 3.31. The molecule has 2 fully saturated rings. The molecular formula is C24H22ClN6O3S+. The van der Waals surface area contributed by atoms with Gasteiger partial charge in [-0.1, -0.05) is 28.5 Å². The lowest BCUT2D eigenvalue weighted by Gasteiger charge is -2.19. The van der Waals surface area contributed by atoms with Gasteiger partial charge in [-0.25, -0.2) is 9.78 Å². The van der Waals surface area contributed by atoms with E-state index in [9.17, 15) is 9.70 Å². The lowest BCUT2D eigenvalue weighted by Crippen LogP contribution is -2.29. The predicted octanol–water partition coefficient (Wildman–Crippen LogP) is 4.51. The number of likely N-dealkylation sites (N-methyl/N-ethyl adjacent to an activating group) is 1. The summed E-state index contributed by atoms with van der Waals surface area (Å²) < 4.78 is 6.31. The second-order valence-corrected chi connectivity index (χ2v) is 9.72. The number of pyridine rings is 1. The fraction of sp³-hybridized carbons (Fsp3) is 0.333. The number of nitrogens with zero attached hydrogens (tertiary/aromatic N) is 6. The van der Waals surface area contributed by atoms with E-state index in [0.29, 0.717) is 46.5 Å². The summed E-state index contributed by atoms with van der Waals surface area (Å²) in [6, 6.07) is 7.16. The molecule has 0 spiro atoms. The normalized spacial score (nSPS) is 15.2. The van der Waals surface area contributed by atoms with E-state index < -0.39 is 0 Å². The molecule has 1 aromatic carbocycles. The van der Waals surface area contributed by atoms with E-state index >= 15 is 0 Å². The zero-order valence-corrected chi connectivity index (χ0v) is 20.8. The maximum Gasteiger partial charge on any atom is 0.449 e. The zero-order chi connectivity index (χ0) is 24.5. The minimum absolute atomic E-state index is 0.0112. The summed E-state index contributed by atoms with van der Waals surface area (Å²) in [5.41, 5.74) is 2.82. The van der Waals surface area contributed by atoms with Crippen molar-refractivity contribution in [2.45, 2.75) is 19.4 Å². The standard InChI is InChI=1S/C24H22ClN6O3S/c1-29-9-10-30(24(29)32)17-7-6-16(18(11-17)19-12-21(25)26-13-20(19)34-2)14-31(33)23-28-27-22(35-23)8-5-15-3-4-15/h6-7,11-13,15H,3-4,9-10,14H2,1-2H3/q+1. The third kappa shape index (κ3) is 4.97. The molecule has 2 amide bonds. The average Bonchev–Trinajstić information content (AvgIpc) is 3.47. The number of ether oxygens (including phenoxy) is 1. The lowest BCUT2D eigenvalue weighted by atomic mass is 9.98. The Balaban J connectivity index is 1.50. The van der Waals surface area contributed by atoms with Crippen molar-refractivity contribution in [3.8, 4) is 28.7 Å². The molecule has 2 aromatic heterocycles. The number of rotatable bonds is 6. The van der Waals surface area contributed by atoms with Crippen LogP contribution in [0.4, 0.5) is 15.6 Å². The number of nitroso groups, excluding NO2 is 1. The first-order chi connectivity index (χ1) is 16.9. The summed E-state index contributed by atoms with van der Waals surface area (Å²) in [6.45, 7) is 1.22. The van der Waals surface area contributed by atoms with E-state index in [4.69, 9.17) is 16.3 Å². The van der Waals surface area contributed by atoms with Crippen LogP contribution in [0.15, 0.2) is 30.5 Å². The molecule has 1 aliphatic heterocycles. The molecule has 0 N–H and O–H groups in total. The van der Waals surface area contributed by atoms with Gasteiger partial charge in [0.25, 0.3) is 0 Å². The summed E-state index contributed by atoms with van der Waals surface area (Å²) in [4.78, 5) is 33.1. The monoisotopic (exact) mass is 509 g/mol. The van der Waals surface area contributed by atoms with Crippen molar-refractivity contribution in [1.82, 2.24) is 20.1 Å².